The van der Waals surface area contributed by atoms with Crippen LogP contribution in [-0.4, -0.2) is 18.9 Å². The quantitative estimate of drug-likeness (QED) is 0.553. The fourth-order valence-corrected chi connectivity index (χ4v) is 1.32. The maximum atomic E-state index is 11.4. The summed E-state index contributed by atoms with van der Waals surface area (Å²) < 4.78 is 5.05. The Morgan fingerprint density at radius 2 is 2.31 bits per heavy atom. The highest BCUT2D eigenvalue weighted by Gasteiger charge is 2.08. The van der Waals surface area contributed by atoms with Gasteiger partial charge in [-0.3, -0.25) is 10.2 Å². The number of anilines is 1. The predicted octanol–water partition coefficient (Wildman–Crippen LogP) is 1.61. The summed E-state index contributed by atoms with van der Waals surface area (Å²) in [5, 5.41) is 10.0. The monoisotopic (exact) mass is 241 g/mol. The first-order valence-electron chi connectivity index (χ1n) is 4.49. The van der Waals surface area contributed by atoms with Gasteiger partial charge in [-0.1, -0.05) is 11.6 Å². The summed E-state index contributed by atoms with van der Waals surface area (Å²) in [6, 6.07) is 4.87. The van der Waals surface area contributed by atoms with Crippen LogP contribution in [0.3, 0.4) is 0 Å². The van der Waals surface area contributed by atoms with Crippen LogP contribution in [-0.2, 0) is 4.79 Å². The van der Waals surface area contributed by atoms with Gasteiger partial charge in [-0.25, -0.2) is 0 Å². The van der Waals surface area contributed by atoms with Crippen molar-refractivity contribution in [2.24, 2.45) is 5.73 Å². The Hall–Kier alpha value is -1.75. The molecule has 0 fully saturated rings. The van der Waals surface area contributed by atoms with Crippen molar-refractivity contribution in [3.8, 4) is 5.75 Å². The van der Waals surface area contributed by atoms with Gasteiger partial charge in [0.2, 0.25) is 5.91 Å². The average Bonchev–Trinajstić information content (AvgIpc) is 2.16. The van der Waals surface area contributed by atoms with E-state index in [1.807, 2.05) is 0 Å². The summed E-state index contributed by atoms with van der Waals surface area (Å²) in [6.07, 6.45) is -0.157. The van der Waals surface area contributed by atoms with Gasteiger partial charge < -0.3 is 15.8 Å². The van der Waals surface area contributed by atoms with Crippen LogP contribution in [0.1, 0.15) is 6.42 Å². The molecule has 16 heavy (non-hydrogen) atoms. The third kappa shape index (κ3) is 3.43. The summed E-state index contributed by atoms with van der Waals surface area (Å²) in [5.41, 5.74) is 5.57. The first-order chi connectivity index (χ1) is 7.52. The molecule has 0 radical (unpaired) electrons. The molecule has 0 unspecified atom stereocenters. The second-order valence-corrected chi connectivity index (χ2v) is 3.53. The number of amidine groups is 1. The highest BCUT2D eigenvalue weighted by atomic mass is 35.5. The van der Waals surface area contributed by atoms with E-state index in [4.69, 9.17) is 27.5 Å². The molecule has 86 valence electrons. The third-order valence-corrected chi connectivity index (χ3v) is 2.02. The van der Waals surface area contributed by atoms with Crippen LogP contribution in [0.4, 0.5) is 5.69 Å². The summed E-state index contributed by atoms with van der Waals surface area (Å²) in [4.78, 5) is 11.4. The Morgan fingerprint density at radius 3 is 2.88 bits per heavy atom. The minimum Gasteiger partial charge on any atom is -0.495 e. The minimum absolute atomic E-state index is 0.157. The Balaban J connectivity index is 2.83. The molecule has 1 aromatic carbocycles. The van der Waals surface area contributed by atoms with E-state index in [2.05, 4.69) is 5.32 Å². The summed E-state index contributed by atoms with van der Waals surface area (Å²) in [7, 11) is 1.49. The largest absolute Gasteiger partial charge is 0.495 e. The lowest BCUT2D eigenvalue weighted by molar-refractivity contribution is -0.115. The molecule has 0 aromatic heterocycles. The van der Waals surface area contributed by atoms with Crippen LogP contribution in [0.2, 0.25) is 5.02 Å². The second kappa shape index (κ2) is 5.37. The number of hydrogen-bond donors (Lipinski definition) is 3. The van der Waals surface area contributed by atoms with E-state index < -0.39 is 0 Å². The molecule has 0 heterocycles. The van der Waals surface area contributed by atoms with Gasteiger partial charge in [0.1, 0.15) is 11.6 Å². The number of methoxy groups -OCH3 is 1. The molecular formula is C10H12ClN3O2. The Bertz CT molecular complexity index is 421. The molecule has 4 N–H and O–H groups in total. The number of ether oxygens (including phenoxy) is 1. The molecule has 6 heteroatoms. The number of nitrogens with one attached hydrogen (secondary N) is 2. The zero-order valence-corrected chi connectivity index (χ0v) is 9.47. The van der Waals surface area contributed by atoms with E-state index >= 15 is 0 Å². The van der Waals surface area contributed by atoms with Crippen LogP contribution in [0.15, 0.2) is 18.2 Å². The fraction of sp³-hybridized carbons (Fsp3) is 0.200. The smallest absolute Gasteiger partial charge is 0.232 e. The Labute approximate surface area is 98.0 Å². The number of carbonyl (C=O) groups excluding carboxylic acids is 1. The van der Waals surface area contributed by atoms with Crippen molar-refractivity contribution in [1.82, 2.24) is 0 Å². The van der Waals surface area contributed by atoms with Gasteiger partial charge in [0.05, 0.1) is 19.2 Å². The topological polar surface area (TPSA) is 88.2 Å². The van der Waals surface area contributed by atoms with Crippen molar-refractivity contribution < 1.29 is 9.53 Å². The Kier molecular flexibility index (Phi) is 4.13. The van der Waals surface area contributed by atoms with Gasteiger partial charge in [0.25, 0.3) is 0 Å². The van der Waals surface area contributed by atoms with Gasteiger partial charge in [-0.15, -0.1) is 0 Å². The fourth-order valence-electron chi connectivity index (χ4n) is 1.15. The Morgan fingerprint density at radius 1 is 1.62 bits per heavy atom. The van der Waals surface area contributed by atoms with Crippen LogP contribution < -0.4 is 15.8 Å². The number of amides is 1. The summed E-state index contributed by atoms with van der Waals surface area (Å²) in [6.45, 7) is 0. The van der Waals surface area contributed by atoms with Crippen molar-refractivity contribution in [3.63, 3.8) is 0 Å². The van der Waals surface area contributed by atoms with Crippen LogP contribution in [0.5, 0.6) is 5.75 Å². The molecule has 1 rings (SSSR count). The normalized spacial score (nSPS) is 9.62. The first-order valence-corrected chi connectivity index (χ1v) is 4.87. The SMILES string of the molecule is COc1ccc(Cl)cc1NC(=O)CC(=N)N. The standard InChI is InChI=1S/C10H12ClN3O2/c1-16-8-3-2-6(11)4-7(8)14-10(15)5-9(12)13/h2-4H,5H2,1H3,(H3,12,13)(H,14,15). The third-order valence-electron chi connectivity index (χ3n) is 1.79. The molecule has 5 nitrogen and oxygen atoms in total. The van der Waals surface area contributed by atoms with Crippen LogP contribution in [0, 0.1) is 5.41 Å². The zero-order chi connectivity index (χ0) is 12.1. The lowest BCUT2D eigenvalue weighted by Crippen LogP contribution is -2.21. The van der Waals surface area contributed by atoms with Crippen molar-refractivity contribution >= 4 is 29.0 Å². The lowest BCUT2D eigenvalue weighted by Gasteiger charge is -2.10. The van der Waals surface area contributed by atoms with Crippen LogP contribution in [0.25, 0.3) is 0 Å². The molecule has 1 amide bonds. The maximum absolute atomic E-state index is 11.4. The van der Waals surface area contributed by atoms with E-state index in [0.717, 1.165) is 0 Å². The highest BCUT2D eigenvalue weighted by Crippen LogP contribution is 2.27. The second-order valence-electron chi connectivity index (χ2n) is 3.09. The highest BCUT2D eigenvalue weighted by molar-refractivity contribution is 6.31. The molecule has 0 saturated heterocycles. The number of halogens is 1. The van der Waals surface area contributed by atoms with E-state index in [0.29, 0.717) is 16.5 Å². The van der Waals surface area contributed by atoms with E-state index in [1.165, 1.54) is 7.11 Å². The average molecular weight is 242 g/mol. The van der Waals surface area contributed by atoms with Crippen LogP contribution >= 0.6 is 11.6 Å². The van der Waals surface area contributed by atoms with Gasteiger partial charge >= 0.3 is 0 Å². The molecule has 0 aliphatic rings. The van der Waals surface area contributed by atoms with E-state index in [-0.39, 0.29) is 18.2 Å². The predicted molar refractivity (Wildman–Crippen MR) is 63.2 cm³/mol. The lowest BCUT2D eigenvalue weighted by atomic mass is 10.2. The van der Waals surface area contributed by atoms with E-state index in [9.17, 15) is 4.79 Å². The van der Waals surface area contributed by atoms with E-state index in [1.54, 1.807) is 18.2 Å². The number of benzene rings is 1. The molecule has 1 aromatic rings. The molecule has 0 aliphatic carbocycles. The summed E-state index contributed by atoms with van der Waals surface area (Å²) in [5.74, 6) is -0.0761. The minimum atomic E-state index is -0.381. The van der Waals surface area contributed by atoms with Gasteiger partial charge in [-0.05, 0) is 18.2 Å². The number of carbonyl (C=O) groups is 1. The van der Waals surface area contributed by atoms with Crippen molar-refractivity contribution in [2.75, 3.05) is 12.4 Å². The molecule has 0 atom stereocenters. The molecular weight excluding hydrogens is 230 g/mol. The number of rotatable bonds is 4. The zero-order valence-electron chi connectivity index (χ0n) is 8.71. The maximum Gasteiger partial charge on any atom is 0.232 e. The first kappa shape index (κ1) is 12.3. The van der Waals surface area contributed by atoms with Gasteiger partial charge in [-0.2, -0.15) is 0 Å². The van der Waals surface area contributed by atoms with Crippen molar-refractivity contribution in [2.45, 2.75) is 6.42 Å². The van der Waals surface area contributed by atoms with Gasteiger partial charge in [0.15, 0.2) is 0 Å². The van der Waals surface area contributed by atoms with Crippen molar-refractivity contribution in [1.29, 1.82) is 5.41 Å². The molecule has 0 aliphatic heterocycles. The number of hydrogen-bond acceptors (Lipinski definition) is 3. The number of nitrogens with two attached hydrogens (primary N) is 1. The van der Waals surface area contributed by atoms with Crippen molar-refractivity contribution in [3.05, 3.63) is 23.2 Å². The molecule has 0 spiro atoms. The van der Waals surface area contributed by atoms with Gasteiger partial charge in [0, 0.05) is 5.02 Å². The molecule has 0 bridgehead atoms. The molecule has 0 saturated carbocycles. The summed E-state index contributed by atoms with van der Waals surface area (Å²) >= 11 is 5.79.